The maximum absolute atomic E-state index is 13.5. The molecule has 3 fully saturated rings. The minimum atomic E-state index is -0.0615. The van der Waals surface area contributed by atoms with Gasteiger partial charge >= 0.3 is 6.03 Å². The largest absolute Gasteiger partial charge is 0.359 e. The van der Waals surface area contributed by atoms with Crippen LogP contribution in [0, 0.1) is 5.92 Å². The number of nitrogens with zero attached hydrogens (tertiary/aromatic N) is 3. The minimum absolute atomic E-state index is 0.0321. The molecule has 0 aromatic heterocycles. The van der Waals surface area contributed by atoms with Crippen LogP contribution in [0.3, 0.4) is 0 Å². The number of nitrogens with one attached hydrogen (secondary N) is 1. The molecule has 176 valence electrons. The molecule has 0 bridgehead atoms. The van der Waals surface area contributed by atoms with E-state index in [0.717, 1.165) is 45.2 Å². The molecule has 1 saturated heterocycles. The minimum Gasteiger partial charge on any atom is -0.359 e. The lowest BCUT2D eigenvalue weighted by molar-refractivity contribution is -0.120. The predicted octanol–water partition coefficient (Wildman–Crippen LogP) is 3.82. The van der Waals surface area contributed by atoms with E-state index in [1.165, 1.54) is 24.8 Å². The number of hydrogen-bond acceptors (Lipinski definition) is 3. The van der Waals surface area contributed by atoms with E-state index >= 15 is 0 Å². The van der Waals surface area contributed by atoms with Gasteiger partial charge in [0.1, 0.15) is 0 Å². The van der Waals surface area contributed by atoms with Crippen molar-refractivity contribution in [3.63, 3.8) is 0 Å². The first-order valence-corrected chi connectivity index (χ1v) is 12.4. The third-order valence-corrected chi connectivity index (χ3v) is 8.51. The first-order valence-electron chi connectivity index (χ1n) is 12.4. The van der Waals surface area contributed by atoms with Gasteiger partial charge in [0, 0.05) is 38.6 Å². The average molecular weight is 441 g/mol. The second kappa shape index (κ2) is 9.42. The Bertz CT molecular complexity index is 797. The summed E-state index contributed by atoms with van der Waals surface area (Å²) in [6.07, 6.45) is 9.19. The van der Waals surface area contributed by atoms with Crippen LogP contribution in [0.5, 0.6) is 0 Å². The van der Waals surface area contributed by atoms with E-state index in [0.29, 0.717) is 18.9 Å². The van der Waals surface area contributed by atoms with Crippen molar-refractivity contribution >= 4 is 11.9 Å². The van der Waals surface area contributed by atoms with Crippen LogP contribution in [0.25, 0.3) is 0 Å². The fourth-order valence-corrected chi connectivity index (χ4v) is 6.12. The molecule has 1 aliphatic heterocycles. The topological polar surface area (TPSA) is 55.9 Å². The van der Waals surface area contributed by atoms with Crippen LogP contribution in [0.4, 0.5) is 4.79 Å². The van der Waals surface area contributed by atoms with Gasteiger partial charge in [0.2, 0.25) is 5.91 Å². The van der Waals surface area contributed by atoms with Crippen LogP contribution in [-0.4, -0.2) is 73.0 Å². The van der Waals surface area contributed by atoms with E-state index in [1.54, 1.807) is 7.05 Å². The molecule has 3 amide bonds. The van der Waals surface area contributed by atoms with Crippen LogP contribution in [0.1, 0.15) is 63.4 Å². The molecule has 32 heavy (non-hydrogen) atoms. The molecule has 1 aromatic rings. The van der Waals surface area contributed by atoms with Gasteiger partial charge in [0.15, 0.2) is 0 Å². The molecule has 6 heteroatoms. The summed E-state index contributed by atoms with van der Waals surface area (Å²) in [5, 5.41) is 2.69. The SMILES string of the molecule is CNC(=O)CCCN1C[C@]2(CC[C@](c3ccccc3)(N(C)C)CC2)N(CC2CCC2)C1=O. The maximum Gasteiger partial charge on any atom is 0.320 e. The smallest absolute Gasteiger partial charge is 0.320 e. The van der Waals surface area contributed by atoms with Crippen molar-refractivity contribution < 1.29 is 9.59 Å². The fraction of sp³-hybridized carbons (Fsp3) is 0.692. The first-order chi connectivity index (χ1) is 15.4. The molecule has 6 nitrogen and oxygen atoms in total. The third-order valence-electron chi connectivity index (χ3n) is 8.51. The lowest BCUT2D eigenvalue weighted by Gasteiger charge is -2.51. The Kier molecular flexibility index (Phi) is 6.80. The highest BCUT2D eigenvalue weighted by atomic mass is 16.2. The molecule has 2 aliphatic carbocycles. The molecule has 0 radical (unpaired) electrons. The number of rotatable bonds is 8. The molecule has 0 unspecified atom stereocenters. The molecule has 2 saturated carbocycles. The summed E-state index contributed by atoms with van der Waals surface area (Å²) in [6, 6.07) is 11.1. The van der Waals surface area contributed by atoms with Gasteiger partial charge in [-0.2, -0.15) is 0 Å². The summed E-state index contributed by atoms with van der Waals surface area (Å²) < 4.78 is 0. The van der Waals surface area contributed by atoms with Crippen LogP contribution in [-0.2, 0) is 10.3 Å². The molecule has 4 rings (SSSR count). The summed E-state index contributed by atoms with van der Waals surface area (Å²) in [5.41, 5.74) is 1.36. The summed E-state index contributed by atoms with van der Waals surface area (Å²) in [4.78, 5) is 31.8. The Hall–Kier alpha value is -2.08. The summed E-state index contributed by atoms with van der Waals surface area (Å²) in [7, 11) is 6.06. The standard InChI is InChI=1S/C26H40N4O2/c1-27-23(31)13-8-18-29-20-25(30(24(29)32)19-21-9-7-10-21)14-16-26(17-15-25,28(2)3)22-11-5-4-6-12-22/h4-6,11-12,21H,7-10,13-20H2,1-3H3,(H,27,31)/t25-,26+. The number of carbonyl (C=O) groups excluding carboxylic acids is 2. The van der Waals surface area contributed by atoms with Gasteiger partial charge in [0.05, 0.1) is 5.54 Å². The Balaban J connectivity index is 1.51. The molecule has 0 atom stereocenters. The quantitative estimate of drug-likeness (QED) is 0.669. The highest BCUT2D eigenvalue weighted by Gasteiger charge is 2.54. The van der Waals surface area contributed by atoms with E-state index in [-0.39, 0.29) is 23.0 Å². The Morgan fingerprint density at radius 2 is 1.81 bits per heavy atom. The van der Waals surface area contributed by atoms with Gasteiger partial charge in [-0.15, -0.1) is 0 Å². The van der Waals surface area contributed by atoms with Crippen molar-refractivity contribution in [3.05, 3.63) is 35.9 Å². The van der Waals surface area contributed by atoms with Crippen molar-refractivity contribution in [1.82, 2.24) is 20.0 Å². The Morgan fingerprint density at radius 3 is 2.38 bits per heavy atom. The lowest BCUT2D eigenvalue weighted by Crippen LogP contribution is -2.56. The number of hydrogen-bond donors (Lipinski definition) is 1. The zero-order valence-electron chi connectivity index (χ0n) is 20.1. The summed E-state index contributed by atoms with van der Waals surface area (Å²) in [6.45, 7) is 2.39. The highest BCUT2D eigenvalue weighted by molar-refractivity contribution is 5.79. The van der Waals surface area contributed by atoms with Gasteiger partial charge in [0.25, 0.3) is 0 Å². The van der Waals surface area contributed by atoms with E-state index in [9.17, 15) is 9.59 Å². The van der Waals surface area contributed by atoms with Crippen LogP contribution < -0.4 is 5.32 Å². The highest BCUT2D eigenvalue weighted by Crippen LogP contribution is 2.49. The van der Waals surface area contributed by atoms with Crippen molar-refractivity contribution in [1.29, 1.82) is 0 Å². The van der Waals surface area contributed by atoms with Gasteiger partial charge in [-0.05, 0) is 70.5 Å². The van der Waals surface area contributed by atoms with Gasteiger partial charge < -0.3 is 15.1 Å². The van der Waals surface area contributed by atoms with E-state index < -0.39 is 0 Å². The number of carbonyl (C=O) groups is 2. The van der Waals surface area contributed by atoms with Gasteiger partial charge in [-0.1, -0.05) is 36.8 Å². The van der Waals surface area contributed by atoms with Crippen molar-refractivity contribution in [3.8, 4) is 0 Å². The van der Waals surface area contributed by atoms with Crippen molar-refractivity contribution in [2.75, 3.05) is 40.8 Å². The average Bonchev–Trinajstić information content (AvgIpc) is 3.02. The number of amides is 3. The number of urea groups is 1. The monoisotopic (exact) mass is 440 g/mol. The second-order valence-corrected chi connectivity index (χ2v) is 10.4. The predicted molar refractivity (Wildman–Crippen MR) is 127 cm³/mol. The summed E-state index contributed by atoms with van der Waals surface area (Å²) >= 11 is 0. The first kappa shape index (κ1) is 23.1. The number of benzene rings is 1. The Morgan fingerprint density at radius 1 is 1.12 bits per heavy atom. The van der Waals surface area contributed by atoms with Gasteiger partial charge in [-0.25, -0.2) is 4.79 Å². The zero-order chi connectivity index (χ0) is 22.8. The van der Waals surface area contributed by atoms with Crippen molar-refractivity contribution in [2.24, 2.45) is 5.92 Å². The normalized spacial score (nSPS) is 28.4. The molecule has 1 aromatic carbocycles. The van der Waals surface area contributed by atoms with Crippen molar-refractivity contribution in [2.45, 2.75) is 68.9 Å². The third kappa shape index (κ3) is 4.26. The lowest BCUT2D eigenvalue weighted by atomic mass is 9.68. The molecule has 1 N–H and O–H groups in total. The van der Waals surface area contributed by atoms with E-state index in [2.05, 4.69) is 59.5 Å². The van der Waals surface area contributed by atoms with Crippen LogP contribution >= 0.6 is 0 Å². The molecule has 1 spiro atoms. The zero-order valence-corrected chi connectivity index (χ0v) is 20.1. The fourth-order valence-electron chi connectivity index (χ4n) is 6.12. The molecular formula is C26H40N4O2. The van der Waals surface area contributed by atoms with Gasteiger partial charge in [-0.3, -0.25) is 9.69 Å². The molecule has 3 aliphatic rings. The Labute approximate surface area is 193 Å². The molecule has 1 heterocycles. The van der Waals surface area contributed by atoms with Crippen LogP contribution in [0.15, 0.2) is 30.3 Å². The summed E-state index contributed by atoms with van der Waals surface area (Å²) in [5.74, 6) is 0.713. The maximum atomic E-state index is 13.5. The second-order valence-electron chi connectivity index (χ2n) is 10.4. The molecular weight excluding hydrogens is 400 g/mol. The van der Waals surface area contributed by atoms with E-state index in [1.807, 2.05) is 4.90 Å². The van der Waals surface area contributed by atoms with E-state index in [4.69, 9.17) is 0 Å². The van der Waals surface area contributed by atoms with Crippen LogP contribution in [0.2, 0.25) is 0 Å².